The van der Waals surface area contributed by atoms with Gasteiger partial charge in [0, 0.05) is 13.1 Å². The maximum atomic E-state index is 11.2. The standard InChI is InChI=1S/C11H23NO3/c1-6-11(3,14)8-12(4)7-9(2)10(13)15-5/h9,14H,6-8H2,1-5H3. The predicted molar refractivity (Wildman–Crippen MR) is 59.6 cm³/mol. The summed E-state index contributed by atoms with van der Waals surface area (Å²) < 4.78 is 4.64. The molecule has 0 heterocycles. The SMILES string of the molecule is CCC(C)(O)CN(C)CC(C)C(=O)OC. The molecule has 15 heavy (non-hydrogen) atoms. The van der Waals surface area contributed by atoms with Crippen molar-refractivity contribution in [1.29, 1.82) is 0 Å². The molecular weight excluding hydrogens is 194 g/mol. The van der Waals surface area contributed by atoms with Crippen molar-refractivity contribution in [2.75, 3.05) is 27.2 Å². The Bertz CT molecular complexity index is 204. The number of likely N-dealkylation sites (N-methyl/N-ethyl adjacent to an activating group) is 1. The zero-order valence-electron chi connectivity index (χ0n) is 10.4. The van der Waals surface area contributed by atoms with E-state index in [0.29, 0.717) is 19.5 Å². The number of hydrogen-bond acceptors (Lipinski definition) is 4. The van der Waals surface area contributed by atoms with Gasteiger partial charge in [0.25, 0.3) is 0 Å². The number of hydrogen-bond donors (Lipinski definition) is 1. The Morgan fingerprint density at radius 1 is 1.60 bits per heavy atom. The van der Waals surface area contributed by atoms with Gasteiger partial charge in [-0.25, -0.2) is 0 Å². The third kappa shape index (κ3) is 5.74. The van der Waals surface area contributed by atoms with Gasteiger partial charge in [0.15, 0.2) is 0 Å². The first-order valence-corrected chi connectivity index (χ1v) is 5.31. The van der Waals surface area contributed by atoms with Crippen molar-refractivity contribution < 1.29 is 14.6 Å². The highest BCUT2D eigenvalue weighted by Crippen LogP contribution is 2.11. The van der Waals surface area contributed by atoms with Crippen LogP contribution in [0.15, 0.2) is 0 Å². The Labute approximate surface area is 92.2 Å². The number of aliphatic hydroxyl groups is 1. The highest BCUT2D eigenvalue weighted by Gasteiger charge is 2.22. The Kier molecular flexibility index (Phi) is 5.83. The number of ether oxygens (including phenoxy) is 1. The van der Waals surface area contributed by atoms with E-state index >= 15 is 0 Å². The van der Waals surface area contributed by atoms with Gasteiger partial charge in [-0.3, -0.25) is 4.79 Å². The van der Waals surface area contributed by atoms with Crippen LogP contribution in [0.2, 0.25) is 0 Å². The minimum absolute atomic E-state index is 0.160. The molecule has 0 saturated heterocycles. The van der Waals surface area contributed by atoms with Crippen LogP contribution in [0.3, 0.4) is 0 Å². The van der Waals surface area contributed by atoms with Gasteiger partial charge in [-0.05, 0) is 20.4 Å². The van der Waals surface area contributed by atoms with Gasteiger partial charge in [0.1, 0.15) is 0 Å². The number of carbonyl (C=O) groups excluding carboxylic acids is 1. The summed E-state index contributed by atoms with van der Waals surface area (Å²) in [6.07, 6.45) is 0.698. The molecule has 90 valence electrons. The molecule has 4 heteroatoms. The summed E-state index contributed by atoms with van der Waals surface area (Å²) in [5.41, 5.74) is -0.690. The van der Waals surface area contributed by atoms with Crippen LogP contribution in [0.25, 0.3) is 0 Å². The monoisotopic (exact) mass is 217 g/mol. The Balaban J connectivity index is 4.03. The van der Waals surface area contributed by atoms with E-state index < -0.39 is 5.60 Å². The molecule has 0 radical (unpaired) electrons. The van der Waals surface area contributed by atoms with Crippen molar-refractivity contribution in [3.63, 3.8) is 0 Å². The largest absolute Gasteiger partial charge is 0.469 e. The smallest absolute Gasteiger partial charge is 0.309 e. The van der Waals surface area contributed by atoms with E-state index in [1.165, 1.54) is 7.11 Å². The van der Waals surface area contributed by atoms with Crippen molar-refractivity contribution in [2.45, 2.75) is 32.8 Å². The number of carbonyl (C=O) groups is 1. The summed E-state index contributed by atoms with van der Waals surface area (Å²) in [7, 11) is 3.28. The first-order chi connectivity index (χ1) is 6.82. The molecule has 0 rings (SSSR count). The lowest BCUT2D eigenvalue weighted by Crippen LogP contribution is -2.41. The van der Waals surface area contributed by atoms with Crippen LogP contribution in [-0.2, 0) is 9.53 Å². The van der Waals surface area contributed by atoms with Crippen LogP contribution < -0.4 is 0 Å². The maximum Gasteiger partial charge on any atom is 0.309 e. The fourth-order valence-electron chi connectivity index (χ4n) is 1.50. The summed E-state index contributed by atoms with van der Waals surface area (Å²) in [4.78, 5) is 13.1. The summed E-state index contributed by atoms with van der Waals surface area (Å²) in [5, 5.41) is 9.84. The van der Waals surface area contributed by atoms with Crippen LogP contribution >= 0.6 is 0 Å². The lowest BCUT2D eigenvalue weighted by Gasteiger charge is -2.29. The van der Waals surface area contributed by atoms with Gasteiger partial charge in [0.2, 0.25) is 0 Å². The van der Waals surface area contributed by atoms with Gasteiger partial charge < -0.3 is 14.7 Å². The average Bonchev–Trinajstić information content (AvgIpc) is 2.15. The van der Waals surface area contributed by atoms with E-state index in [-0.39, 0.29) is 11.9 Å². The van der Waals surface area contributed by atoms with E-state index in [1.807, 2.05) is 25.8 Å². The fourth-order valence-corrected chi connectivity index (χ4v) is 1.50. The molecule has 1 N–H and O–H groups in total. The second-order valence-electron chi connectivity index (χ2n) is 4.47. The van der Waals surface area contributed by atoms with E-state index in [4.69, 9.17) is 0 Å². The molecule has 2 atom stereocenters. The molecule has 0 aromatic carbocycles. The van der Waals surface area contributed by atoms with Gasteiger partial charge in [-0.2, -0.15) is 0 Å². The molecule has 0 amide bonds. The zero-order chi connectivity index (χ0) is 12.1. The van der Waals surface area contributed by atoms with Crippen LogP contribution in [0, 0.1) is 5.92 Å². The van der Waals surface area contributed by atoms with Crippen LogP contribution in [0.1, 0.15) is 27.2 Å². The number of nitrogens with zero attached hydrogens (tertiary/aromatic N) is 1. The highest BCUT2D eigenvalue weighted by molar-refractivity contribution is 5.72. The third-order valence-electron chi connectivity index (χ3n) is 2.56. The number of rotatable bonds is 6. The first-order valence-electron chi connectivity index (χ1n) is 5.31. The molecule has 0 aliphatic heterocycles. The van der Waals surface area contributed by atoms with Gasteiger partial charge in [-0.15, -0.1) is 0 Å². The normalized spacial score (nSPS) is 17.3. The topological polar surface area (TPSA) is 49.8 Å². The Hall–Kier alpha value is -0.610. The lowest BCUT2D eigenvalue weighted by atomic mass is 10.0. The van der Waals surface area contributed by atoms with Crippen molar-refractivity contribution in [1.82, 2.24) is 4.90 Å². The van der Waals surface area contributed by atoms with E-state index in [1.54, 1.807) is 6.92 Å². The van der Waals surface area contributed by atoms with E-state index in [0.717, 1.165) is 0 Å². The van der Waals surface area contributed by atoms with Gasteiger partial charge in [0.05, 0.1) is 18.6 Å². The Morgan fingerprint density at radius 2 is 2.13 bits per heavy atom. The van der Waals surface area contributed by atoms with Crippen molar-refractivity contribution in [3.05, 3.63) is 0 Å². The van der Waals surface area contributed by atoms with E-state index in [9.17, 15) is 9.90 Å². The second-order valence-corrected chi connectivity index (χ2v) is 4.47. The zero-order valence-corrected chi connectivity index (χ0v) is 10.4. The van der Waals surface area contributed by atoms with Crippen molar-refractivity contribution >= 4 is 5.97 Å². The molecule has 4 nitrogen and oxygen atoms in total. The summed E-state index contributed by atoms with van der Waals surface area (Å²) in [6.45, 7) is 6.72. The van der Waals surface area contributed by atoms with Crippen molar-refractivity contribution in [3.8, 4) is 0 Å². The summed E-state index contributed by atoms with van der Waals surface area (Å²) in [5.74, 6) is -0.370. The molecule has 0 aromatic heterocycles. The number of esters is 1. The predicted octanol–water partition coefficient (Wildman–Crippen LogP) is 0.888. The average molecular weight is 217 g/mol. The second kappa shape index (κ2) is 6.08. The minimum atomic E-state index is -0.690. The summed E-state index contributed by atoms with van der Waals surface area (Å²) >= 11 is 0. The first kappa shape index (κ1) is 14.4. The molecule has 0 saturated carbocycles. The molecule has 0 bridgehead atoms. The Morgan fingerprint density at radius 3 is 2.53 bits per heavy atom. The van der Waals surface area contributed by atoms with Crippen LogP contribution in [0.4, 0.5) is 0 Å². The molecule has 0 fully saturated rings. The molecule has 0 aliphatic rings. The molecule has 0 spiro atoms. The summed E-state index contributed by atoms with van der Waals surface area (Å²) in [6, 6.07) is 0. The van der Waals surface area contributed by atoms with Crippen molar-refractivity contribution in [2.24, 2.45) is 5.92 Å². The maximum absolute atomic E-state index is 11.2. The highest BCUT2D eigenvalue weighted by atomic mass is 16.5. The van der Waals surface area contributed by atoms with Gasteiger partial charge >= 0.3 is 5.97 Å². The molecule has 2 unspecified atom stereocenters. The number of methoxy groups -OCH3 is 1. The lowest BCUT2D eigenvalue weighted by molar-refractivity contribution is -0.145. The molecule has 0 aromatic rings. The van der Waals surface area contributed by atoms with Crippen LogP contribution in [0.5, 0.6) is 0 Å². The quantitative estimate of drug-likeness (QED) is 0.671. The molecular formula is C11H23NO3. The minimum Gasteiger partial charge on any atom is -0.469 e. The fraction of sp³-hybridized carbons (Fsp3) is 0.909. The van der Waals surface area contributed by atoms with Crippen LogP contribution in [-0.4, -0.2) is 48.8 Å². The molecule has 0 aliphatic carbocycles. The van der Waals surface area contributed by atoms with E-state index in [2.05, 4.69) is 4.74 Å². The van der Waals surface area contributed by atoms with Gasteiger partial charge in [-0.1, -0.05) is 13.8 Å². The third-order valence-corrected chi connectivity index (χ3v) is 2.56.